The van der Waals surface area contributed by atoms with Gasteiger partial charge >= 0.3 is 0 Å². The minimum atomic E-state index is -0.192. The van der Waals surface area contributed by atoms with E-state index in [0.717, 1.165) is 0 Å². The number of allylic oxidation sites excluding steroid dienone is 4. The molecule has 0 saturated heterocycles. The van der Waals surface area contributed by atoms with Crippen molar-refractivity contribution in [1.29, 1.82) is 0 Å². The van der Waals surface area contributed by atoms with Crippen molar-refractivity contribution < 1.29 is 9.59 Å². The Labute approximate surface area is 156 Å². The Bertz CT molecular complexity index is 524. The van der Waals surface area contributed by atoms with Gasteiger partial charge in [0.05, 0.1) is 0 Å². The lowest BCUT2D eigenvalue weighted by Gasteiger charge is -1.96. The van der Waals surface area contributed by atoms with Gasteiger partial charge in [-0.2, -0.15) is 0 Å². The van der Waals surface area contributed by atoms with E-state index in [1.165, 1.54) is 11.1 Å². The van der Waals surface area contributed by atoms with E-state index < -0.39 is 0 Å². The van der Waals surface area contributed by atoms with Gasteiger partial charge in [0.2, 0.25) is 10.5 Å². The Hall–Kier alpha value is -0.600. The van der Waals surface area contributed by atoms with Gasteiger partial charge < -0.3 is 0 Å². The fourth-order valence-corrected chi connectivity index (χ4v) is 4.40. The predicted molar refractivity (Wildman–Crippen MR) is 102 cm³/mol. The van der Waals surface area contributed by atoms with E-state index in [2.05, 4.69) is 39.8 Å². The average molecular weight is 373 g/mol. The number of carbonyl (C=O) groups is 2. The van der Waals surface area contributed by atoms with Crippen molar-refractivity contribution in [3.05, 3.63) is 23.3 Å². The molecule has 2 fully saturated rings. The zero-order chi connectivity index (χ0) is 19.0. The van der Waals surface area contributed by atoms with Gasteiger partial charge in [-0.1, -0.05) is 51.0 Å². The van der Waals surface area contributed by atoms with Crippen molar-refractivity contribution in [3.63, 3.8) is 0 Å². The summed E-state index contributed by atoms with van der Waals surface area (Å²) in [5.74, 6) is 0.781. The third-order valence-corrected chi connectivity index (χ3v) is 5.81. The molecule has 4 atom stereocenters. The molecule has 2 aliphatic rings. The Morgan fingerprint density at radius 2 is 0.958 bits per heavy atom. The van der Waals surface area contributed by atoms with Crippen molar-refractivity contribution in [2.24, 2.45) is 34.5 Å². The van der Waals surface area contributed by atoms with Crippen LogP contribution in [-0.4, -0.2) is 10.5 Å². The van der Waals surface area contributed by atoms with Crippen molar-refractivity contribution >= 4 is 33.7 Å². The van der Waals surface area contributed by atoms with Gasteiger partial charge in [-0.05, 0) is 73.6 Å². The van der Waals surface area contributed by atoms with Gasteiger partial charge in [0.15, 0.2) is 0 Å². The van der Waals surface area contributed by atoms with Crippen molar-refractivity contribution in [1.82, 2.24) is 0 Å². The summed E-state index contributed by atoms with van der Waals surface area (Å²) in [7, 11) is 0. The summed E-state index contributed by atoms with van der Waals surface area (Å²) in [5.41, 5.74) is 2.67. The number of halogens is 2. The summed E-state index contributed by atoms with van der Waals surface area (Å²) in [6.07, 6.45) is 4.29. The average Bonchev–Trinajstić information content (AvgIpc) is 3.08. The van der Waals surface area contributed by atoms with Crippen LogP contribution in [0.15, 0.2) is 23.3 Å². The largest absolute Gasteiger partial charge is 0.281 e. The molecule has 2 saturated carbocycles. The lowest BCUT2D eigenvalue weighted by Crippen LogP contribution is -1.96. The molecule has 0 aromatic heterocycles. The van der Waals surface area contributed by atoms with Gasteiger partial charge in [-0.3, -0.25) is 9.59 Å². The Morgan fingerprint density at radius 1 is 0.708 bits per heavy atom. The van der Waals surface area contributed by atoms with Crippen LogP contribution >= 0.6 is 23.2 Å². The third kappa shape index (κ3) is 4.73. The van der Waals surface area contributed by atoms with E-state index in [-0.39, 0.29) is 33.2 Å². The lowest BCUT2D eigenvalue weighted by molar-refractivity contribution is -0.114. The second kappa shape index (κ2) is 7.33. The van der Waals surface area contributed by atoms with Gasteiger partial charge in [0.25, 0.3) is 0 Å². The molecular weight excluding hydrogens is 343 g/mol. The van der Waals surface area contributed by atoms with Crippen LogP contribution < -0.4 is 0 Å². The molecule has 0 radical (unpaired) electrons. The molecule has 2 nitrogen and oxygen atoms in total. The highest BCUT2D eigenvalue weighted by Gasteiger charge is 2.60. The van der Waals surface area contributed by atoms with Crippen LogP contribution in [0.4, 0.5) is 0 Å². The van der Waals surface area contributed by atoms with E-state index in [9.17, 15) is 9.59 Å². The fraction of sp³-hybridized carbons (Fsp3) is 0.700. The maximum absolute atomic E-state index is 10.9. The molecule has 0 aromatic carbocycles. The summed E-state index contributed by atoms with van der Waals surface area (Å²) < 4.78 is 0. The highest BCUT2D eigenvalue weighted by atomic mass is 35.5. The Balaban J connectivity index is 0.000000240. The van der Waals surface area contributed by atoms with Crippen LogP contribution in [0.2, 0.25) is 0 Å². The maximum atomic E-state index is 10.9. The molecule has 0 spiro atoms. The van der Waals surface area contributed by atoms with Crippen LogP contribution in [-0.2, 0) is 9.59 Å². The van der Waals surface area contributed by atoms with Gasteiger partial charge in [0, 0.05) is 11.8 Å². The molecule has 2 aliphatic carbocycles. The first kappa shape index (κ1) is 21.4. The number of rotatable bonds is 4. The van der Waals surface area contributed by atoms with E-state index >= 15 is 0 Å². The second-order valence-corrected chi connectivity index (χ2v) is 9.49. The molecule has 0 aromatic rings. The molecule has 4 heteroatoms. The summed E-state index contributed by atoms with van der Waals surface area (Å²) in [4.78, 5) is 21.9. The molecule has 2 rings (SSSR count). The predicted octanol–water partition coefficient (Wildman–Crippen LogP) is 5.98. The van der Waals surface area contributed by atoms with E-state index in [0.29, 0.717) is 11.8 Å². The highest BCUT2D eigenvalue weighted by molar-refractivity contribution is 6.64. The molecule has 0 heterocycles. The normalized spacial score (nSPS) is 31.1. The summed E-state index contributed by atoms with van der Waals surface area (Å²) in [6.45, 7) is 16.5. The molecule has 24 heavy (non-hydrogen) atoms. The first-order chi connectivity index (χ1) is 10.7. The smallest absolute Gasteiger partial charge is 0.225 e. The van der Waals surface area contributed by atoms with Crippen LogP contribution in [0, 0.1) is 34.5 Å². The first-order valence-electron chi connectivity index (χ1n) is 8.43. The summed E-state index contributed by atoms with van der Waals surface area (Å²) in [5, 5.41) is -0.384. The Kier molecular flexibility index (Phi) is 6.55. The van der Waals surface area contributed by atoms with E-state index in [1.807, 2.05) is 27.7 Å². The minimum Gasteiger partial charge on any atom is -0.281 e. The number of hydrogen-bond donors (Lipinski definition) is 0. The van der Waals surface area contributed by atoms with Gasteiger partial charge in [-0.25, -0.2) is 0 Å². The molecule has 0 aliphatic heterocycles. The zero-order valence-electron chi connectivity index (χ0n) is 16.0. The zero-order valence-corrected chi connectivity index (χ0v) is 17.5. The van der Waals surface area contributed by atoms with Crippen LogP contribution in [0.1, 0.15) is 55.4 Å². The number of carbonyl (C=O) groups excluding carboxylic acids is 2. The van der Waals surface area contributed by atoms with Gasteiger partial charge in [-0.15, -0.1) is 0 Å². The molecule has 0 unspecified atom stereocenters. The van der Waals surface area contributed by atoms with Crippen molar-refractivity contribution in [2.45, 2.75) is 55.4 Å². The van der Waals surface area contributed by atoms with E-state index in [1.54, 1.807) is 0 Å². The molecular formula is C20H30Cl2O2. The standard InChI is InChI=1S/2C10H15ClO/c2*1-6(2)5-7-8(9(11)12)10(7,3)4/h2*5,7-8H,1-4H3/t2*7-,8+/m11/s1. The fourth-order valence-electron chi connectivity index (χ4n) is 3.56. The highest BCUT2D eigenvalue weighted by Crippen LogP contribution is 2.60. The van der Waals surface area contributed by atoms with Crippen LogP contribution in [0.5, 0.6) is 0 Å². The van der Waals surface area contributed by atoms with Crippen molar-refractivity contribution in [2.75, 3.05) is 0 Å². The second-order valence-electron chi connectivity index (χ2n) is 8.75. The van der Waals surface area contributed by atoms with Crippen LogP contribution in [0.25, 0.3) is 0 Å². The Morgan fingerprint density at radius 3 is 1.08 bits per heavy atom. The number of hydrogen-bond acceptors (Lipinski definition) is 2. The molecule has 0 N–H and O–H groups in total. The van der Waals surface area contributed by atoms with Gasteiger partial charge in [0.1, 0.15) is 0 Å². The maximum Gasteiger partial charge on any atom is 0.225 e. The molecule has 136 valence electrons. The summed E-state index contributed by atoms with van der Waals surface area (Å²) >= 11 is 10.9. The third-order valence-electron chi connectivity index (χ3n) is 5.34. The lowest BCUT2D eigenvalue weighted by atomic mass is 10.1. The summed E-state index contributed by atoms with van der Waals surface area (Å²) in [6, 6.07) is 0. The first-order valence-corrected chi connectivity index (χ1v) is 9.18. The quantitative estimate of drug-likeness (QED) is 0.449. The SMILES string of the molecule is CC(C)=C[C@@H]1[C@@H](C(=O)Cl)C1(C)C.CC(C)=C[C@@H]1[C@@H](C(=O)Cl)C1(C)C. The van der Waals surface area contributed by atoms with E-state index in [4.69, 9.17) is 23.2 Å². The van der Waals surface area contributed by atoms with Crippen molar-refractivity contribution in [3.8, 4) is 0 Å². The minimum absolute atomic E-state index is 0.0362. The molecule has 0 amide bonds. The topological polar surface area (TPSA) is 34.1 Å². The molecule has 0 bridgehead atoms. The van der Waals surface area contributed by atoms with Crippen LogP contribution in [0.3, 0.4) is 0 Å². The monoisotopic (exact) mass is 372 g/mol.